The lowest BCUT2D eigenvalue weighted by atomic mass is 9.93. The minimum atomic E-state index is -2.92. The molecule has 46 heavy (non-hydrogen) atoms. The predicted molar refractivity (Wildman–Crippen MR) is 179 cm³/mol. The third-order valence-corrected chi connectivity index (χ3v) is 11.4. The van der Waals surface area contributed by atoms with Gasteiger partial charge in [0.2, 0.25) is 0 Å². The van der Waals surface area contributed by atoms with Crippen LogP contribution in [-0.2, 0) is 0 Å². The number of benzene rings is 2. The van der Waals surface area contributed by atoms with Crippen molar-refractivity contribution in [3.63, 3.8) is 0 Å². The van der Waals surface area contributed by atoms with Gasteiger partial charge in [0, 0.05) is 59.1 Å². The molecule has 2 bridgehead atoms. The Balaban J connectivity index is 1.29. The number of hydrogen-bond donors (Lipinski definition) is 2. The van der Waals surface area contributed by atoms with E-state index < -0.39 is 30.1 Å². The SMILES string of the molecule is [2H]C([2H])([2H])C([2H])([2H])[C@@]12CC[C@@H](CN(c3nc(OC[C@@]45CCCN4C/C(=C\F)C5)nc4c(F)c(-c5cccc6sc(N)c(C#N)c56)c(Cl)cc34)C1)N2. The molecular formula is C34H34ClF2N7OS. The van der Waals surface area contributed by atoms with Crippen LogP contribution in [0.1, 0.15) is 57.7 Å². The second kappa shape index (κ2) is 11.0. The Morgan fingerprint density at radius 2 is 2.28 bits per heavy atom. The van der Waals surface area contributed by atoms with Crippen LogP contribution in [0.2, 0.25) is 5.02 Å². The zero-order valence-electron chi connectivity index (χ0n) is 29.8. The van der Waals surface area contributed by atoms with Crippen molar-refractivity contribution in [1.82, 2.24) is 20.2 Å². The molecule has 6 heterocycles. The second-order valence-electron chi connectivity index (χ2n) is 12.9. The van der Waals surface area contributed by atoms with Crippen LogP contribution in [0.3, 0.4) is 0 Å². The Morgan fingerprint density at radius 3 is 3.11 bits per heavy atom. The number of nitrogen functional groups attached to an aromatic ring is 1. The highest BCUT2D eigenvalue weighted by Crippen LogP contribution is 2.46. The van der Waals surface area contributed by atoms with Crippen molar-refractivity contribution in [2.24, 2.45) is 0 Å². The van der Waals surface area contributed by atoms with Gasteiger partial charge in [-0.25, -0.2) is 8.78 Å². The molecular weight excluding hydrogens is 628 g/mol. The average molecular weight is 667 g/mol. The van der Waals surface area contributed by atoms with E-state index in [-0.39, 0.29) is 64.5 Å². The lowest BCUT2D eigenvalue weighted by Gasteiger charge is -2.42. The number of nitrogens with two attached hydrogens (primary N) is 1. The molecule has 12 heteroatoms. The van der Waals surface area contributed by atoms with Crippen molar-refractivity contribution in [3.8, 4) is 23.2 Å². The summed E-state index contributed by atoms with van der Waals surface area (Å²) >= 11 is 8.13. The van der Waals surface area contributed by atoms with Gasteiger partial charge < -0.3 is 20.7 Å². The van der Waals surface area contributed by atoms with Gasteiger partial charge in [0.15, 0.2) is 5.82 Å². The summed E-state index contributed by atoms with van der Waals surface area (Å²) in [6.45, 7) is -1.22. The summed E-state index contributed by atoms with van der Waals surface area (Å²) in [5.74, 6) is -0.546. The van der Waals surface area contributed by atoms with Gasteiger partial charge in [0.1, 0.15) is 29.0 Å². The Labute approximate surface area is 281 Å². The molecule has 3 N–H and O–H groups in total. The highest BCUT2D eigenvalue weighted by atomic mass is 35.5. The molecule has 4 aromatic rings. The van der Waals surface area contributed by atoms with Crippen molar-refractivity contribution in [2.45, 2.75) is 62.4 Å². The van der Waals surface area contributed by atoms with E-state index in [9.17, 15) is 9.65 Å². The topological polar surface area (TPSA) is 103 Å². The molecule has 4 fully saturated rings. The summed E-state index contributed by atoms with van der Waals surface area (Å²) in [4.78, 5) is 13.3. The first kappa shape index (κ1) is 24.6. The maximum atomic E-state index is 17.2. The van der Waals surface area contributed by atoms with Crippen LogP contribution in [0.4, 0.5) is 19.6 Å². The molecule has 2 aromatic heterocycles. The van der Waals surface area contributed by atoms with Gasteiger partial charge in [-0.2, -0.15) is 15.2 Å². The van der Waals surface area contributed by atoms with E-state index in [1.807, 2.05) is 0 Å². The number of piperazine rings is 1. The lowest BCUT2D eigenvalue weighted by Crippen LogP contribution is -2.59. The van der Waals surface area contributed by atoms with E-state index in [0.29, 0.717) is 58.5 Å². The first-order valence-corrected chi connectivity index (χ1v) is 16.5. The summed E-state index contributed by atoms with van der Waals surface area (Å²) in [6, 6.07) is 8.50. The number of hydrogen-bond acceptors (Lipinski definition) is 9. The minimum Gasteiger partial charge on any atom is -0.461 e. The third-order valence-electron chi connectivity index (χ3n) is 10.1. The van der Waals surface area contributed by atoms with Crippen LogP contribution in [0.25, 0.3) is 32.1 Å². The fraction of sp³-hybridized carbons (Fsp3) is 0.441. The maximum Gasteiger partial charge on any atom is 0.319 e. The second-order valence-corrected chi connectivity index (χ2v) is 14.3. The predicted octanol–water partition coefficient (Wildman–Crippen LogP) is 6.95. The molecule has 0 spiro atoms. The molecule has 0 aliphatic carbocycles. The van der Waals surface area contributed by atoms with Crippen molar-refractivity contribution in [1.29, 1.82) is 5.26 Å². The standard InChI is InChI=1S/C34H34ClF2N7OS/c1-2-33-9-7-20(42-33)16-43(17-33)31-22-11-24(35)27(21-5-3-6-25-26(21)23(14-38)30(39)46-25)28(37)29(22)40-32(41-31)45-18-34-8-4-10-44(34)15-19(12-34)13-36/h3,5-6,11,13,20,42H,2,4,7-10,12,15-18,39H2,1H3/b19-13-/t20-,33+,34-/m0/s1/i1D3,2D2. The summed E-state index contributed by atoms with van der Waals surface area (Å²) in [7, 11) is 0. The van der Waals surface area contributed by atoms with Gasteiger partial charge in [-0.1, -0.05) is 30.6 Å². The number of aromatic nitrogens is 2. The van der Waals surface area contributed by atoms with Crippen molar-refractivity contribution >= 4 is 54.7 Å². The van der Waals surface area contributed by atoms with E-state index in [1.165, 1.54) is 11.3 Å². The normalized spacial score (nSPS) is 29.0. The van der Waals surface area contributed by atoms with Gasteiger partial charge in [-0.3, -0.25) is 4.90 Å². The van der Waals surface area contributed by atoms with Gasteiger partial charge in [0.05, 0.1) is 22.5 Å². The molecule has 238 valence electrons. The molecule has 4 saturated heterocycles. The van der Waals surface area contributed by atoms with E-state index in [4.69, 9.17) is 33.9 Å². The number of ether oxygens (including phenoxy) is 1. The van der Waals surface area contributed by atoms with Gasteiger partial charge in [0.25, 0.3) is 0 Å². The van der Waals surface area contributed by atoms with E-state index in [0.717, 1.165) is 19.4 Å². The quantitative estimate of drug-likeness (QED) is 0.228. The first-order valence-electron chi connectivity index (χ1n) is 17.8. The van der Waals surface area contributed by atoms with Crippen LogP contribution in [0.5, 0.6) is 6.01 Å². The molecule has 0 unspecified atom stereocenters. The number of halogens is 3. The van der Waals surface area contributed by atoms with E-state index in [2.05, 4.69) is 21.3 Å². The highest BCUT2D eigenvalue weighted by molar-refractivity contribution is 7.23. The summed E-state index contributed by atoms with van der Waals surface area (Å²) < 4.78 is 79.5. The van der Waals surface area contributed by atoms with E-state index >= 15 is 4.39 Å². The van der Waals surface area contributed by atoms with Gasteiger partial charge >= 0.3 is 6.01 Å². The smallest absolute Gasteiger partial charge is 0.319 e. The molecule has 3 atom stereocenters. The average Bonchev–Trinajstić information content (AvgIpc) is 3.82. The molecule has 0 saturated carbocycles. The maximum absolute atomic E-state index is 17.2. The summed E-state index contributed by atoms with van der Waals surface area (Å²) in [6.07, 6.45) is 1.05. The largest absolute Gasteiger partial charge is 0.461 e. The number of fused-ring (bicyclic) bond motifs is 5. The van der Waals surface area contributed by atoms with Crippen LogP contribution in [0.15, 0.2) is 36.2 Å². The monoisotopic (exact) mass is 666 g/mol. The number of nitrogens with zero attached hydrogens (tertiary/aromatic N) is 5. The number of nitriles is 1. The zero-order chi connectivity index (χ0) is 36.1. The number of anilines is 2. The van der Waals surface area contributed by atoms with Crippen LogP contribution < -0.4 is 20.7 Å². The highest BCUT2D eigenvalue weighted by Gasteiger charge is 2.48. The van der Waals surface area contributed by atoms with Crippen molar-refractivity contribution in [3.05, 3.63) is 52.6 Å². The molecule has 4 aliphatic heterocycles. The molecule has 2 aromatic carbocycles. The van der Waals surface area contributed by atoms with Crippen LogP contribution in [0, 0.1) is 17.1 Å². The Bertz CT molecular complexity index is 2180. The summed E-state index contributed by atoms with van der Waals surface area (Å²) in [5, 5.41) is 14.2. The van der Waals surface area contributed by atoms with E-state index in [1.54, 1.807) is 29.2 Å². The van der Waals surface area contributed by atoms with Crippen LogP contribution >= 0.6 is 22.9 Å². The number of thiophene rings is 1. The Hall–Kier alpha value is -3.56. The summed E-state index contributed by atoms with van der Waals surface area (Å²) in [5.41, 5.74) is 5.44. The van der Waals surface area contributed by atoms with Crippen molar-refractivity contribution in [2.75, 3.05) is 43.4 Å². The Kier molecular flexibility index (Phi) is 5.89. The number of nitrogens with one attached hydrogen (secondary N) is 1. The van der Waals surface area contributed by atoms with Crippen molar-refractivity contribution < 1.29 is 20.4 Å². The minimum absolute atomic E-state index is 0.0179. The molecule has 8 nitrogen and oxygen atoms in total. The zero-order valence-corrected chi connectivity index (χ0v) is 26.4. The molecule has 8 rings (SSSR count). The fourth-order valence-corrected chi connectivity index (χ4v) is 9.26. The van der Waals surface area contributed by atoms with Gasteiger partial charge in [-0.15, -0.1) is 11.3 Å². The molecule has 4 aliphatic rings. The lowest BCUT2D eigenvalue weighted by molar-refractivity contribution is 0.108. The molecule has 0 radical (unpaired) electrons. The number of rotatable bonds is 6. The Morgan fingerprint density at radius 1 is 1.39 bits per heavy atom. The first-order chi connectivity index (χ1) is 24.2. The molecule has 0 amide bonds. The fourth-order valence-electron chi connectivity index (χ4n) is 8.02. The van der Waals surface area contributed by atoms with Crippen LogP contribution in [-0.4, -0.2) is 64.8 Å². The third kappa shape index (κ3) is 4.56. The van der Waals surface area contributed by atoms with Gasteiger partial charge in [-0.05, 0) is 68.3 Å².